The summed E-state index contributed by atoms with van der Waals surface area (Å²) in [7, 11) is 1.32. The van der Waals surface area contributed by atoms with Crippen LogP contribution in [0, 0.1) is 6.92 Å². The van der Waals surface area contributed by atoms with Crippen LogP contribution in [0.25, 0.3) is 0 Å². The molecule has 1 aliphatic carbocycles. The van der Waals surface area contributed by atoms with Crippen molar-refractivity contribution in [1.29, 1.82) is 0 Å². The first-order valence-corrected chi connectivity index (χ1v) is 7.06. The van der Waals surface area contributed by atoms with Gasteiger partial charge in [-0.05, 0) is 37.5 Å². The van der Waals surface area contributed by atoms with Crippen molar-refractivity contribution in [2.24, 2.45) is 0 Å². The average molecular weight is 300 g/mol. The third kappa shape index (κ3) is 2.72. The number of aromatic nitrogens is 1. The van der Waals surface area contributed by atoms with Crippen LogP contribution in [-0.4, -0.2) is 24.1 Å². The fourth-order valence-corrected chi connectivity index (χ4v) is 2.25. The number of ether oxygens (including phenoxy) is 1. The van der Waals surface area contributed by atoms with Crippen molar-refractivity contribution >= 4 is 17.6 Å². The Labute approximate surface area is 127 Å². The highest BCUT2D eigenvalue weighted by Crippen LogP contribution is 2.40. The zero-order valence-corrected chi connectivity index (χ0v) is 12.4. The number of methoxy groups -OCH3 is 1. The summed E-state index contributed by atoms with van der Waals surface area (Å²) in [6.45, 7) is 1.75. The number of amides is 1. The predicted octanol–water partition coefficient (Wildman–Crippen LogP) is 2.90. The lowest BCUT2D eigenvalue weighted by Gasteiger charge is -2.10. The highest BCUT2D eigenvalue weighted by Gasteiger charge is 2.29. The first kappa shape index (κ1) is 14.3. The molecule has 0 atom stereocenters. The standard InChI is InChI=1S/C16H16N2O4/c1-9-11(16(20)21-2)4-3-5-12(9)17-15(19)13-8-14(22-18-13)10-6-7-10/h3-5,8,10H,6-7H2,1-2H3,(H,17,19). The SMILES string of the molecule is COC(=O)c1cccc(NC(=O)c2cc(C3CC3)on2)c1C. The number of esters is 1. The van der Waals surface area contributed by atoms with Crippen LogP contribution >= 0.6 is 0 Å². The third-order valence-corrected chi connectivity index (χ3v) is 3.73. The van der Waals surface area contributed by atoms with Gasteiger partial charge in [0.25, 0.3) is 5.91 Å². The number of nitrogens with one attached hydrogen (secondary N) is 1. The molecule has 114 valence electrons. The van der Waals surface area contributed by atoms with Gasteiger partial charge in [0.1, 0.15) is 5.76 Å². The number of rotatable bonds is 4. The summed E-state index contributed by atoms with van der Waals surface area (Å²) < 4.78 is 9.89. The topological polar surface area (TPSA) is 81.4 Å². The van der Waals surface area contributed by atoms with Crippen LogP contribution in [0.15, 0.2) is 28.8 Å². The van der Waals surface area contributed by atoms with Crippen LogP contribution in [0.4, 0.5) is 5.69 Å². The van der Waals surface area contributed by atoms with Gasteiger partial charge in [0.15, 0.2) is 5.69 Å². The molecule has 1 heterocycles. The smallest absolute Gasteiger partial charge is 0.338 e. The molecule has 1 fully saturated rings. The molecule has 0 radical (unpaired) electrons. The molecular weight excluding hydrogens is 284 g/mol. The first-order chi connectivity index (χ1) is 10.6. The van der Waals surface area contributed by atoms with Gasteiger partial charge < -0.3 is 14.6 Å². The molecule has 1 aliphatic rings. The number of hydrogen-bond donors (Lipinski definition) is 1. The van der Waals surface area contributed by atoms with Gasteiger partial charge in [0.2, 0.25) is 0 Å². The predicted molar refractivity (Wildman–Crippen MR) is 78.9 cm³/mol. The molecule has 0 saturated heterocycles. The number of carbonyl (C=O) groups excluding carboxylic acids is 2. The van der Waals surface area contributed by atoms with E-state index in [-0.39, 0.29) is 11.6 Å². The van der Waals surface area contributed by atoms with Crippen LogP contribution in [0.3, 0.4) is 0 Å². The molecule has 2 aromatic rings. The van der Waals surface area contributed by atoms with E-state index in [0.29, 0.717) is 22.7 Å². The third-order valence-electron chi connectivity index (χ3n) is 3.73. The zero-order chi connectivity index (χ0) is 15.7. The molecule has 0 bridgehead atoms. The lowest BCUT2D eigenvalue weighted by molar-refractivity contribution is 0.0599. The molecule has 1 aromatic carbocycles. The first-order valence-electron chi connectivity index (χ1n) is 7.06. The molecule has 1 aromatic heterocycles. The van der Waals surface area contributed by atoms with Gasteiger partial charge in [-0.2, -0.15) is 0 Å². The van der Waals surface area contributed by atoms with Gasteiger partial charge >= 0.3 is 5.97 Å². The maximum atomic E-state index is 12.2. The minimum absolute atomic E-state index is 0.241. The van der Waals surface area contributed by atoms with Crippen LogP contribution in [-0.2, 0) is 4.74 Å². The summed E-state index contributed by atoms with van der Waals surface area (Å²) in [5.74, 6) is 0.357. The molecule has 6 nitrogen and oxygen atoms in total. The van der Waals surface area contributed by atoms with Gasteiger partial charge in [-0.15, -0.1) is 0 Å². The minimum Gasteiger partial charge on any atom is -0.465 e. The summed E-state index contributed by atoms with van der Waals surface area (Å²) in [5, 5.41) is 6.55. The molecule has 1 N–H and O–H groups in total. The number of hydrogen-bond acceptors (Lipinski definition) is 5. The van der Waals surface area contributed by atoms with E-state index in [1.807, 2.05) is 0 Å². The molecular formula is C16H16N2O4. The number of carbonyl (C=O) groups is 2. The molecule has 0 aliphatic heterocycles. The Morgan fingerprint density at radius 3 is 2.82 bits per heavy atom. The second-order valence-corrected chi connectivity index (χ2v) is 5.31. The summed E-state index contributed by atoms with van der Waals surface area (Å²) in [6, 6.07) is 6.74. The van der Waals surface area contributed by atoms with E-state index in [1.165, 1.54) is 7.11 Å². The van der Waals surface area contributed by atoms with E-state index >= 15 is 0 Å². The lowest BCUT2D eigenvalue weighted by Crippen LogP contribution is -2.14. The fraction of sp³-hybridized carbons (Fsp3) is 0.312. The molecule has 1 saturated carbocycles. The second-order valence-electron chi connectivity index (χ2n) is 5.31. The normalized spacial score (nSPS) is 13.7. The quantitative estimate of drug-likeness (QED) is 0.878. The van der Waals surface area contributed by atoms with Gasteiger partial charge in [-0.1, -0.05) is 11.2 Å². The monoisotopic (exact) mass is 300 g/mol. The Bertz CT molecular complexity index is 731. The molecule has 1 amide bonds. The van der Waals surface area contributed by atoms with Crippen LogP contribution in [0.2, 0.25) is 0 Å². The number of nitrogens with zero attached hydrogens (tertiary/aromatic N) is 1. The van der Waals surface area contributed by atoms with Gasteiger partial charge in [-0.3, -0.25) is 4.79 Å². The van der Waals surface area contributed by atoms with Gasteiger partial charge in [0, 0.05) is 17.7 Å². The molecule has 6 heteroatoms. The van der Waals surface area contributed by atoms with Crippen LogP contribution in [0.5, 0.6) is 0 Å². The maximum Gasteiger partial charge on any atom is 0.338 e. The largest absolute Gasteiger partial charge is 0.465 e. The van der Waals surface area contributed by atoms with E-state index in [9.17, 15) is 9.59 Å². The van der Waals surface area contributed by atoms with Crippen molar-refractivity contribution in [2.75, 3.05) is 12.4 Å². The number of anilines is 1. The fourth-order valence-electron chi connectivity index (χ4n) is 2.25. The molecule has 0 unspecified atom stereocenters. The number of benzene rings is 1. The van der Waals surface area contributed by atoms with Gasteiger partial charge in [0.05, 0.1) is 12.7 Å². The summed E-state index contributed by atoms with van der Waals surface area (Å²) >= 11 is 0. The minimum atomic E-state index is -0.439. The van der Waals surface area contributed by atoms with Crippen LogP contribution in [0.1, 0.15) is 50.9 Å². The van der Waals surface area contributed by atoms with E-state index in [1.54, 1.807) is 31.2 Å². The van der Waals surface area contributed by atoms with Crippen molar-refractivity contribution in [3.63, 3.8) is 0 Å². The highest BCUT2D eigenvalue weighted by molar-refractivity contribution is 6.04. The molecule has 0 spiro atoms. The van der Waals surface area contributed by atoms with Crippen molar-refractivity contribution in [3.05, 3.63) is 46.8 Å². The van der Waals surface area contributed by atoms with E-state index < -0.39 is 5.97 Å². The Balaban J connectivity index is 1.79. The summed E-state index contributed by atoms with van der Waals surface area (Å²) in [6.07, 6.45) is 2.16. The molecule has 3 rings (SSSR count). The van der Waals surface area contributed by atoms with Gasteiger partial charge in [-0.25, -0.2) is 4.79 Å². The van der Waals surface area contributed by atoms with E-state index in [4.69, 9.17) is 9.26 Å². The Morgan fingerprint density at radius 2 is 2.14 bits per heavy atom. The summed E-state index contributed by atoms with van der Waals surface area (Å²) in [4.78, 5) is 23.9. The van der Waals surface area contributed by atoms with E-state index in [0.717, 1.165) is 18.6 Å². The lowest BCUT2D eigenvalue weighted by atomic mass is 10.1. The average Bonchev–Trinajstić information content (AvgIpc) is 3.25. The van der Waals surface area contributed by atoms with E-state index in [2.05, 4.69) is 10.5 Å². The maximum absolute atomic E-state index is 12.2. The Morgan fingerprint density at radius 1 is 1.36 bits per heavy atom. The highest BCUT2D eigenvalue weighted by atomic mass is 16.5. The van der Waals surface area contributed by atoms with Crippen molar-refractivity contribution in [2.45, 2.75) is 25.7 Å². The van der Waals surface area contributed by atoms with Crippen molar-refractivity contribution < 1.29 is 18.8 Å². The van der Waals surface area contributed by atoms with Crippen LogP contribution < -0.4 is 5.32 Å². The second kappa shape index (κ2) is 5.63. The summed E-state index contributed by atoms with van der Waals surface area (Å²) in [5.41, 5.74) is 1.85. The van der Waals surface area contributed by atoms with Crippen molar-refractivity contribution in [1.82, 2.24) is 5.16 Å². The zero-order valence-electron chi connectivity index (χ0n) is 12.4. The van der Waals surface area contributed by atoms with Crippen molar-refractivity contribution in [3.8, 4) is 0 Å². The Hall–Kier alpha value is -2.63. The Kier molecular flexibility index (Phi) is 3.66. The molecule has 22 heavy (non-hydrogen) atoms.